The lowest BCUT2D eigenvalue weighted by Crippen LogP contribution is -2.00. The first-order chi connectivity index (χ1) is 9.78. The Morgan fingerprint density at radius 3 is 2.80 bits per heavy atom. The zero-order valence-corrected chi connectivity index (χ0v) is 11.7. The average molecular weight is 289 g/mol. The Labute approximate surface area is 121 Å². The van der Waals surface area contributed by atoms with Crippen LogP contribution in [0.25, 0.3) is 5.65 Å². The molecule has 0 spiro atoms. The lowest BCUT2D eigenvalue weighted by Gasteiger charge is -2.10. The summed E-state index contributed by atoms with van der Waals surface area (Å²) < 4.78 is 13.0. The number of ether oxygens (including phenoxy) is 2. The largest absolute Gasteiger partial charge is 0.493 e. The Morgan fingerprint density at radius 2 is 2.00 bits per heavy atom. The van der Waals surface area contributed by atoms with Crippen LogP contribution < -0.4 is 9.47 Å². The quantitative estimate of drug-likeness (QED) is 0.736. The third-order valence-corrected chi connectivity index (χ3v) is 3.23. The predicted octanol–water partition coefficient (Wildman–Crippen LogP) is 3.58. The van der Waals surface area contributed by atoms with Crippen molar-refractivity contribution >= 4 is 17.2 Å². The first kappa shape index (κ1) is 12.8. The second kappa shape index (κ2) is 5.43. The van der Waals surface area contributed by atoms with Crippen LogP contribution in [0.3, 0.4) is 0 Å². The number of para-hydroxylation sites is 2. The highest BCUT2D eigenvalue weighted by atomic mass is 35.5. The third-order valence-electron chi connectivity index (χ3n) is 3.00. The standard InChI is InChI=1S/C15H13ClN2O2/c1-19-13-4-2-3-5-14(13)20-10-12-9-17-15-8-11(16)6-7-18(12)15/h2-9H,10H2,1H3. The van der Waals surface area contributed by atoms with Crippen LogP contribution in [0.2, 0.25) is 5.02 Å². The molecule has 0 aliphatic heterocycles. The molecular weight excluding hydrogens is 276 g/mol. The van der Waals surface area contributed by atoms with Crippen molar-refractivity contribution in [1.29, 1.82) is 0 Å². The van der Waals surface area contributed by atoms with Gasteiger partial charge in [0.15, 0.2) is 11.5 Å². The zero-order chi connectivity index (χ0) is 13.9. The van der Waals surface area contributed by atoms with Crippen molar-refractivity contribution in [3.05, 3.63) is 59.5 Å². The molecule has 20 heavy (non-hydrogen) atoms. The number of benzene rings is 1. The zero-order valence-electron chi connectivity index (χ0n) is 10.9. The maximum atomic E-state index is 5.94. The number of pyridine rings is 1. The fourth-order valence-electron chi connectivity index (χ4n) is 2.00. The molecule has 102 valence electrons. The summed E-state index contributed by atoms with van der Waals surface area (Å²) in [5, 5.41) is 0.667. The van der Waals surface area contributed by atoms with Gasteiger partial charge in [-0.1, -0.05) is 23.7 Å². The van der Waals surface area contributed by atoms with Crippen LogP contribution in [0.4, 0.5) is 0 Å². The lowest BCUT2D eigenvalue weighted by atomic mass is 10.3. The molecule has 0 saturated heterocycles. The normalized spacial score (nSPS) is 10.7. The van der Waals surface area contributed by atoms with Crippen molar-refractivity contribution in [3.63, 3.8) is 0 Å². The molecule has 1 aromatic carbocycles. The Bertz CT molecular complexity index is 740. The molecule has 0 unspecified atom stereocenters. The number of rotatable bonds is 4. The molecule has 4 nitrogen and oxygen atoms in total. The third kappa shape index (κ3) is 2.42. The molecule has 0 radical (unpaired) electrons. The van der Waals surface area contributed by atoms with Crippen molar-refractivity contribution < 1.29 is 9.47 Å². The summed E-state index contributed by atoms with van der Waals surface area (Å²) in [4.78, 5) is 4.30. The van der Waals surface area contributed by atoms with Crippen molar-refractivity contribution in [3.8, 4) is 11.5 Å². The molecule has 3 rings (SSSR count). The van der Waals surface area contributed by atoms with Crippen LogP contribution in [0.15, 0.2) is 48.8 Å². The number of hydrogen-bond acceptors (Lipinski definition) is 3. The minimum absolute atomic E-state index is 0.406. The summed E-state index contributed by atoms with van der Waals surface area (Å²) in [6.07, 6.45) is 3.66. The van der Waals surface area contributed by atoms with E-state index in [2.05, 4.69) is 4.98 Å². The molecule has 0 atom stereocenters. The van der Waals surface area contributed by atoms with Gasteiger partial charge in [-0.15, -0.1) is 0 Å². The summed E-state index contributed by atoms with van der Waals surface area (Å²) in [6.45, 7) is 0.406. The van der Waals surface area contributed by atoms with Crippen molar-refractivity contribution in [1.82, 2.24) is 9.38 Å². The monoisotopic (exact) mass is 288 g/mol. The van der Waals surface area contributed by atoms with E-state index in [1.54, 1.807) is 13.3 Å². The number of aromatic nitrogens is 2. The van der Waals surface area contributed by atoms with Gasteiger partial charge >= 0.3 is 0 Å². The Hall–Kier alpha value is -2.20. The SMILES string of the molecule is COc1ccccc1OCc1cnc2cc(Cl)ccn12. The van der Waals surface area contributed by atoms with Gasteiger partial charge in [-0.3, -0.25) is 0 Å². The molecule has 5 heteroatoms. The lowest BCUT2D eigenvalue weighted by molar-refractivity contribution is 0.280. The van der Waals surface area contributed by atoms with Crippen molar-refractivity contribution in [2.75, 3.05) is 7.11 Å². The molecule has 0 aliphatic rings. The molecule has 2 heterocycles. The topological polar surface area (TPSA) is 35.8 Å². The van der Waals surface area contributed by atoms with Crippen LogP contribution >= 0.6 is 11.6 Å². The molecule has 3 aromatic rings. The summed E-state index contributed by atoms with van der Waals surface area (Å²) in [6, 6.07) is 11.2. The van der Waals surface area contributed by atoms with E-state index in [-0.39, 0.29) is 0 Å². The number of hydrogen-bond donors (Lipinski definition) is 0. The molecular formula is C15H13ClN2O2. The van der Waals surface area contributed by atoms with E-state index in [0.717, 1.165) is 11.3 Å². The van der Waals surface area contributed by atoms with Gasteiger partial charge in [0.25, 0.3) is 0 Å². The van der Waals surface area contributed by atoms with E-state index < -0.39 is 0 Å². The molecule has 2 aromatic heterocycles. The number of halogens is 1. The first-order valence-corrected chi connectivity index (χ1v) is 6.53. The predicted molar refractivity (Wildman–Crippen MR) is 77.5 cm³/mol. The minimum atomic E-state index is 0.406. The molecule has 0 aliphatic carbocycles. The molecule has 0 amide bonds. The van der Waals surface area contributed by atoms with E-state index in [1.807, 2.05) is 47.0 Å². The molecule has 0 bridgehead atoms. The Morgan fingerprint density at radius 1 is 1.20 bits per heavy atom. The summed E-state index contributed by atoms with van der Waals surface area (Å²) in [5.74, 6) is 1.42. The van der Waals surface area contributed by atoms with Gasteiger partial charge in [-0.05, 0) is 24.3 Å². The Balaban J connectivity index is 1.83. The van der Waals surface area contributed by atoms with Gasteiger partial charge in [0.2, 0.25) is 0 Å². The van der Waals surface area contributed by atoms with E-state index in [9.17, 15) is 0 Å². The van der Waals surface area contributed by atoms with Gasteiger partial charge < -0.3 is 13.9 Å². The highest BCUT2D eigenvalue weighted by Crippen LogP contribution is 2.26. The first-order valence-electron chi connectivity index (χ1n) is 6.15. The van der Waals surface area contributed by atoms with Crippen molar-refractivity contribution in [2.45, 2.75) is 6.61 Å². The van der Waals surface area contributed by atoms with Gasteiger partial charge in [0.1, 0.15) is 12.3 Å². The fourth-order valence-corrected chi connectivity index (χ4v) is 2.16. The van der Waals surface area contributed by atoms with E-state index in [4.69, 9.17) is 21.1 Å². The van der Waals surface area contributed by atoms with E-state index in [0.29, 0.717) is 23.1 Å². The smallest absolute Gasteiger partial charge is 0.161 e. The van der Waals surface area contributed by atoms with E-state index >= 15 is 0 Å². The van der Waals surface area contributed by atoms with Crippen LogP contribution in [-0.2, 0) is 6.61 Å². The van der Waals surface area contributed by atoms with Crippen LogP contribution in [-0.4, -0.2) is 16.5 Å². The maximum absolute atomic E-state index is 5.94. The average Bonchev–Trinajstić information content (AvgIpc) is 2.87. The summed E-state index contributed by atoms with van der Waals surface area (Å²) >= 11 is 5.94. The van der Waals surface area contributed by atoms with Crippen LogP contribution in [0.5, 0.6) is 11.5 Å². The highest BCUT2D eigenvalue weighted by Gasteiger charge is 2.07. The fraction of sp³-hybridized carbons (Fsp3) is 0.133. The second-order valence-electron chi connectivity index (χ2n) is 4.26. The van der Waals surface area contributed by atoms with Gasteiger partial charge in [-0.2, -0.15) is 0 Å². The molecule has 0 saturated carbocycles. The number of fused-ring (bicyclic) bond motifs is 1. The molecule has 0 N–H and O–H groups in total. The van der Waals surface area contributed by atoms with Crippen LogP contribution in [0, 0.1) is 0 Å². The minimum Gasteiger partial charge on any atom is -0.493 e. The summed E-state index contributed by atoms with van der Waals surface area (Å²) in [5.41, 5.74) is 1.75. The van der Waals surface area contributed by atoms with Gasteiger partial charge in [0.05, 0.1) is 19.0 Å². The number of imidazole rings is 1. The highest BCUT2D eigenvalue weighted by molar-refractivity contribution is 6.30. The Kier molecular flexibility index (Phi) is 3.48. The second-order valence-corrected chi connectivity index (χ2v) is 4.70. The van der Waals surface area contributed by atoms with E-state index in [1.165, 1.54) is 0 Å². The number of methoxy groups -OCH3 is 1. The molecule has 0 fully saturated rings. The van der Waals surface area contributed by atoms with Crippen molar-refractivity contribution in [2.24, 2.45) is 0 Å². The van der Waals surface area contributed by atoms with Crippen LogP contribution in [0.1, 0.15) is 5.69 Å². The van der Waals surface area contributed by atoms with Gasteiger partial charge in [-0.25, -0.2) is 4.98 Å². The maximum Gasteiger partial charge on any atom is 0.161 e. The number of nitrogens with zero attached hydrogens (tertiary/aromatic N) is 2. The van der Waals surface area contributed by atoms with Gasteiger partial charge in [0, 0.05) is 11.2 Å². The summed E-state index contributed by atoms with van der Waals surface area (Å²) in [7, 11) is 1.62.